The highest BCUT2D eigenvalue weighted by Crippen LogP contribution is 2.32. The van der Waals surface area contributed by atoms with E-state index >= 15 is 0 Å². The molecule has 8 nitrogen and oxygen atoms in total. The van der Waals surface area contributed by atoms with Crippen molar-refractivity contribution in [3.63, 3.8) is 0 Å². The number of aromatic nitrogens is 5. The van der Waals surface area contributed by atoms with Crippen LogP contribution in [0.3, 0.4) is 0 Å². The van der Waals surface area contributed by atoms with Crippen LogP contribution in [0, 0.1) is 6.92 Å². The van der Waals surface area contributed by atoms with Crippen molar-refractivity contribution in [1.29, 1.82) is 0 Å². The molecule has 0 saturated carbocycles. The van der Waals surface area contributed by atoms with E-state index in [1.807, 2.05) is 13.0 Å². The fraction of sp³-hybridized carbons (Fsp3) is 0.154. The molecule has 0 unspecified atom stereocenters. The molecule has 2 aromatic carbocycles. The smallest absolute Gasteiger partial charge is 0.280 e. The Morgan fingerprint density at radius 2 is 1.89 bits per heavy atom. The molecule has 0 bridgehead atoms. The van der Waals surface area contributed by atoms with Crippen molar-refractivity contribution < 1.29 is 18.3 Å². The number of fused-ring (bicyclic) bond motifs is 1. The lowest BCUT2D eigenvalue weighted by molar-refractivity contribution is 0.102. The molecule has 38 heavy (non-hydrogen) atoms. The molecule has 5 rings (SSSR count). The van der Waals surface area contributed by atoms with Crippen LogP contribution in [0.25, 0.3) is 16.9 Å². The van der Waals surface area contributed by atoms with Gasteiger partial charge in [0.25, 0.3) is 12.3 Å². The molecule has 0 saturated heterocycles. The zero-order chi connectivity index (χ0) is 27.0. The third-order valence-electron chi connectivity index (χ3n) is 5.89. The molecule has 5 aromatic rings. The van der Waals surface area contributed by atoms with Crippen molar-refractivity contribution in [3.05, 3.63) is 93.4 Å². The number of hydrogen-bond acceptors (Lipinski definition) is 5. The monoisotopic (exact) mass is 556 g/mol. The van der Waals surface area contributed by atoms with Gasteiger partial charge < -0.3 is 10.1 Å². The highest BCUT2D eigenvalue weighted by Gasteiger charge is 2.23. The lowest BCUT2D eigenvalue weighted by Gasteiger charge is -2.11. The zero-order valence-electron chi connectivity index (χ0n) is 20.1. The third-order valence-corrected chi connectivity index (χ3v) is 6.63. The minimum absolute atomic E-state index is 0.0142. The average Bonchev–Trinajstić information content (AvgIpc) is 3.48. The Labute approximate surface area is 225 Å². The Morgan fingerprint density at radius 3 is 2.63 bits per heavy atom. The first-order chi connectivity index (χ1) is 18.2. The normalized spacial score (nSPS) is 11.3. The van der Waals surface area contributed by atoms with Gasteiger partial charge in [-0.25, -0.2) is 18.3 Å². The molecule has 3 heterocycles. The molecule has 0 spiro atoms. The zero-order valence-corrected chi connectivity index (χ0v) is 21.6. The molecular formula is C26H20Cl2F2N6O2. The van der Waals surface area contributed by atoms with Crippen LogP contribution in [-0.2, 0) is 6.54 Å². The lowest BCUT2D eigenvalue weighted by Crippen LogP contribution is -2.14. The number of carbonyl (C=O) groups excluding carboxylic acids is 1. The van der Waals surface area contributed by atoms with Crippen LogP contribution >= 0.6 is 23.2 Å². The van der Waals surface area contributed by atoms with Gasteiger partial charge in [-0.1, -0.05) is 41.4 Å². The van der Waals surface area contributed by atoms with E-state index in [-0.39, 0.29) is 22.7 Å². The summed E-state index contributed by atoms with van der Waals surface area (Å²) in [4.78, 5) is 17.7. The number of methoxy groups -OCH3 is 1. The predicted molar refractivity (Wildman–Crippen MR) is 140 cm³/mol. The SMILES string of the molecule is COc1ccccc1-c1cc(C(F)F)n2ncc(C(=O)Nc3cc(C)n(Cc4ccc(Cl)c(Cl)c4)n3)c2n1. The van der Waals surface area contributed by atoms with Crippen LogP contribution in [0.15, 0.2) is 60.8 Å². The second kappa shape index (κ2) is 10.4. The molecule has 194 valence electrons. The third kappa shape index (κ3) is 4.92. The molecule has 0 aliphatic carbocycles. The maximum atomic E-state index is 14.0. The number of amides is 1. The summed E-state index contributed by atoms with van der Waals surface area (Å²) in [7, 11) is 1.48. The molecule has 0 atom stereocenters. The van der Waals surface area contributed by atoms with Gasteiger partial charge in [0.1, 0.15) is 17.0 Å². The Balaban J connectivity index is 1.47. The van der Waals surface area contributed by atoms with E-state index in [9.17, 15) is 13.6 Å². The number of nitrogens with one attached hydrogen (secondary N) is 1. The summed E-state index contributed by atoms with van der Waals surface area (Å²) >= 11 is 12.1. The topological polar surface area (TPSA) is 86.3 Å². The second-order valence-corrected chi connectivity index (χ2v) is 9.21. The molecule has 3 aromatic heterocycles. The van der Waals surface area contributed by atoms with Crippen LogP contribution in [0.5, 0.6) is 5.75 Å². The summed E-state index contributed by atoms with van der Waals surface area (Å²) in [6, 6.07) is 15.1. The van der Waals surface area contributed by atoms with Gasteiger partial charge in [-0.15, -0.1) is 0 Å². The van der Waals surface area contributed by atoms with Crippen molar-refractivity contribution in [2.45, 2.75) is 19.9 Å². The predicted octanol–water partition coefficient (Wildman–Crippen LogP) is 6.45. The minimum Gasteiger partial charge on any atom is -0.496 e. The number of nitrogens with zero attached hydrogens (tertiary/aromatic N) is 5. The van der Waals surface area contributed by atoms with Crippen LogP contribution in [-0.4, -0.2) is 37.4 Å². The van der Waals surface area contributed by atoms with Gasteiger partial charge in [-0.05, 0) is 42.8 Å². The fourth-order valence-electron chi connectivity index (χ4n) is 4.02. The van der Waals surface area contributed by atoms with Gasteiger partial charge in [0, 0.05) is 17.3 Å². The molecular weight excluding hydrogens is 537 g/mol. The first-order valence-electron chi connectivity index (χ1n) is 11.3. The summed E-state index contributed by atoms with van der Waals surface area (Å²) in [5.41, 5.74) is 1.97. The molecule has 0 fully saturated rings. The Morgan fingerprint density at radius 1 is 1.11 bits per heavy atom. The van der Waals surface area contributed by atoms with Crippen LogP contribution in [0.4, 0.5) is 14.6 Å². The number of alkyl halides is 2. The first kappa shape index (κ1) is 25.6. The maximum absolute atomic E-state index is 14.0. The van der Waals surface area contributed by atoms with Crippen LogP contribution < -0.4 is 10.1 Å². The number of benzene rings is 2. The number of ether oxygens (including phenoxy) is 1. The Hall–Kier alpha value is -4.02. The second-order valence-electron chi connectivity index (χ2n) is 8.39. The minimum atomic E-state index is -2.86. The van der Waals surface area contributed by atoms with Gasteiger partial charge in [0.2, 0.25) is 0 Å². The van der Waals surface area contributed by atoms with Gasteiger partial charge in [0.05, 0.1) is 35.6 Å². The van der Waals surface area contributed by atoms with E-state index < -0.39 is 18.0 Å². The highest BCUT2D eigenvalue weighted by atomic mass is 35.5. The highest BCUT2D eigenvalue weighted by molar-refractivity contribution is 6.42. The number of anilines is 1. The molecule has 0 radical (unpaired) electrons. The number of hydrogen-bond donors (Lipinski definition) is 1. The van der Waals surface area contributed by atoms with Crippen LogP contribution in [0.2, 0.25) is 10.0 Å². The van der Waals surface area contributed by atoms with E-state index in [2.05, 4.69) is 20.5 Å². The number of carbonyl (C=O) groups is 1. The van der Waals surface area contributed by atoms with E-state index in [0.717, 1.165) is 15.8 Å². The summed E-state index contributed by atoms with van der Waals surface area (Å²) in [6.45, 7) is 2.24. The van der Waals surface area contributed by atoms with Gasteiger partial charge in [-0.3, -0.25) is 9.48 Å². The first-order valence-corrected chi connectivity index (χ1v) is 12.1. The molecule has 1 amide bonds. The van der Waals surface area contributed by atoms with E-state index in [1.165, 1.54) is 19.4 Å². The van der Waals surface area contributed by atoms with Gasteiger partial charge >= 0.3 is 0 Å². The summed E-state index contributed by atoms with van der Waals surface area (Å²) in [6.07, 6.45) is -1.65. The average molecular weight is 557 g/mol. The van der Waals surface area contributed by atoms with Crippen molar-refractivity contribution >= 4 is 40.6 Å². The molecule has 0 aliphatic rings. The molecule has 1 N–H and O–H groups in total. The van der Waals surface area contributed by atoms with Gasteiger partial charge in [-0.2, -0.15) is 10.2 Å². The molecule has 12 heteroatoms. The van der Waals surface area contributed by atoms with E-state index in [0.29, 0.717) is 27.9 Å². The van der Waals surface area contributed by atoms with Crippen molar-refractivity contribution in [2.75, 3.05) is 12.4 Å². The van der Waals surface area contributed by atoms with Crippen molar-refractivity contribution in [2.24, 2.45) is 0 Å². The van der Waals surface area contributed by atoms with Crippen LogP contribution in [0.1, 0.15) is 33.7 Å². The largest absolute Gasteiger partial charge is 0.496 e. The molecule has 0 aliphatic heterocycles. The lowest BCUT2D eigenvalue weighted by atomic mass is 10.1. The van der Waals surface area contributed by atoms with Gasteiger partial charge in [0.15, 0.2) is 11.5 Å². The number of aryl methyl sites for hydroxylation is 1. The summed E-state index contributed by atoms with van der Waals surface area (Å²) < 4.78 is 35.9. The maximum Gasteiger partial charge on any atom is 0.280 e. The van der Waals surface area contributed by atoms with Crippen molar-refractivity contribution in [1.82, 2.24) is 24.4 Å². The number of rotatable bonds is 7. The number of para-hydroxylation sites is 1. The quantitative estimate of drug-likeness (QED) is 0.249. The summed E-state index contributed by atoms with van der Waals surface area (Å²) in [5.74, 6) is 0.143. The standard InChI is InChI=1S/C26H20Cl2F2N6O2/c1-14-9-23(34-35(14)13-15-7-8-18(27)19(28)10-15)33-26(37)17-12-31-36-21(24(29)30)11-20(32-25(17)36)16-5-3-4-6-22(16)38-2/h3-12,24H,13H2,1-2H3,(H,33,34,37). The van der Waals surface area contributed by atoms with E-state index in [1.54, 1.807) is 47.1 Å². The van der Waals surface area contributed by atoms with E-state index in [4.69, 9.17) is 27.9 Å². The Kier molecular flexibility index (Phi) is 7.00. The Bertz CT molecular complexity index is 1670. The number of halogens is 4. The van der Waals surface area contributed by atoms with Crippen molar-refractivity contribution in [3.8, 4) is 17.0 Å². The fourth-order valence-corrected chi connectivity index (χ4v) is 4.34. The summed E-state index contributed by atoms with van der Waals surface area (Å²) in [5, 5.41) is 12.0.